The van der Waals surface area contributed by atoms with Gasteiger partial charge in [-0.3, -0.25) is 9.58 Å². The molecule has 1 unspecified atom stereocenters. The van der Waals surface area contributed by atoms with E-state index in [-0.39, 0.29) is 0 Å². The molecule has 1 heterocycles. The van der Waals surface area contributed by atoms with Gasteiger partial charge in [0.1, 0.15) is 0 Å². The summed E-state index contributed by atoms with van der Waals surface area (Å²) in [5, 5.41) is 4.36. The Morgan fingerprint density at radius 2 is 2.17 bits per heavy atom. The zero-order chi connectivity index (χ0) is 13.3. The fourth-order valence-electron chi connectivity index (χ4n) is 2.58. The molecule has 1 fully saturated rings. The monoisotopic (exact) mass is 250 g/mol. The van der Waals surface area contributed by atoms with Crippen molar-refractivity contribution < 1.29 is 0 Å². The van der Waals surface area contributed by atoms with E-state index in [1.54, 1.807) is 0 Å². The van der Waals surface area contributed by atoms with E-state index in [0.29, 0.717) is 18.6 Å². The van der Waals surface area contributed by atoms with E-state index in [1.807, 2.05) is 17.9 Å². The number of hydrogen-bond donors (Lipinski definition) is 1. The Kier molecular flexibility index (Phi) is 4.07. The maximum atomic E-state index is 6.04. The molecule has 18 heavy (non-hydrogen) atoms. The second-order valence-electron chi connectivity index (χ2n) is 5.79. The molecule has 2 N–H and O–H groups in total. The van der Waals surface area contributed by atoms with Gasteiger partial charge in [0.15, 0.2) is 0 Å². The van der Waals surface area contributed by atoms with Crippen molar-refractivity contribution in [3.05, 3.63) is 17.5 Å². The zero-order valence-corrected chi connectivity index (χ0v) is 12.1. The smallest absolute Gasteiger partial charge is 0.0540 e. The molecule has 4 nitrogen and oxygen atoms in total. The number of hydrogen-bond acceptors (Lipinski definition) is 3. The average molecular weight is 250 g/mol. The molecule has 0 bridgehead atoms. The van der Waals surface area contributed by atoms with Gasteiger partial charge in [0.25, 0.3) is 0 Å². The molecule has 1 saturated carbocycles. The molecular weight excluding hydrogens is 224 g/mol. The van der Waals surface area contributed by atoms with Gasteiger partial charge in [0, 0.05) is 37.4 Å². The maximum absolute atomic E-state index is 6.04. The highest BCUT2D eigenvalue weighted by atomic mass is 15.3. The van der Waals surface area contributed by atoms with Crippen LogP contribution in [-0.4, -0.2) is 33.8 Å². The van der Waals surface area contributed by atoms with E-state index in [4.69, 9.17) is 5.73 Å². The summed E-state index contributed by atoms with van der Waals surface area (Å²) in [7, 11) is 1.99. The highest BCUT2D eigenvalue weighted by Gasteiger charge is 2.31. The first kappa shape index (κ1) is 13.6. The third-order valence-electron chi connectivity index (χ3n) is 4.09. The van der Waals surface area contributed by atoms with Crippen molar-refractivity contribution in [1.82, 2.24) is 14.7 Å². The van der Waals surface area contributed by atoms with Crippen LogP contribution in [0.5, 0.6) is 0 Å². The molecule has 0 aromatic carbocycles. The summed E-state index contributed by atoms with van der Waals surface area (Å²) in [6, 6.07) is 0.832. The highest BCUT2D eigenvalue weighted by Crippen LogP contribution is 2.34. The lowest BCUT2D eigenvalue weighted by molar-refractivity contribution is 0.149. The summed E-state index contributed by atoms with van der Waals surface area (Å²) < 4.78 is 1.94. The molecule has 0 radical (unpaired) electrons. The zero-order valence-electron chi connectivity index (χ0n) is 12.1. The standard InChI is InChI=1S/C14H26N4/c1-10(2)18(9-12-5-6-12)14(7-15)13-8-16-17(4)11(13)3/h8,10,12,14H,5-7,9,15H2,1-4H3. The van der Waals surface area contributed by atoms with Crippen LogP contribution in [-0.2, 0) is 7.05 Å². The van der Waals surface area contributed by atoms with Crippen molar-refractivity contribution in [2.24, 2.45) is 18.7 Å². The fraction of sp³-hybridized carbons (Fsp3) is 0.786. The lowest BCUT2D eigenvalue weighted by Crippen LogP contribution is -2.40. The largest absolute Gasteiger partial charge is 0.329 e. The quantitative estimate of drug-likeness (QED) is 0.838. The van der Waals surface area contributed by atoms with Gasteiger partial charge in [-0.1, -0.05) is 0 Å². The van der Waals surface area contributed by atoms with Crippen molar-refractivity contribution in [3.63, 3.8) is 0 Å². The lowest BCUT2D eigenvalue weighted by atomic mass is 10.0. The first-order valence-corrected chi connectivity index (χ1v) is 6.98. The summed E-state index contributed by atoms with van der Waals surface area (Å²) in [6.07, 6.45) is 4.74. The summed E-state index contributed by atoms with van der Waals surface area (Å²) in [5.41, 5.74) is 8.55. The number of nitrogens with zero attached hydrogens (tertiary/aromatic N) is 3. The SMILES string of the molecule is Cc1c(C(CN)N(CC2CC2)C(C)C)cnn1C. The van der Waals surface area contributed by atoms with Crippen LogP contribution in [0.25, 0.3) is 0 Å². The topological polar surface area (TPSA) is 47.1 Å². The van der Waals surface area contributed by atoms with Gasteiger partial charge in [0.2, 0.25) is 0 Å². The van der Waals surface area contributed by atoms with E-state index >= 15 is 0 Å². The van der Waals surface area contributed by atoms with Crippen LogP contribution in [0.4, 0.5) is 0 Å². The molecule has 2 rings (SSSR count). The van der Waals surface area contributed by atoms with Crippen LogP contribution in [0.2, 0.25) is 0 Å². The molecular formula is C14H26N4. The molecule has 4 heteroatoms. The van der Waals surface area contributed by atoms with Crippen LogP contribution in [0.3, 0.4) is 0 Å². The first-order chi connectivity index (χ1) is 8.54. The first-order valence-electron chi connectivity index (χ1n) is 6.98. The van der Waals surface area contributed by atoms with Crippen molar-refractivity contribution in [2.45, 2.75) is 45.7 Å². The second kappa shape index (κ2) is 5.41. The van der Waals surface area contributed by atoms with Gasteiger partial charge >= 0.3 is 0 Å². The summed E-state index contributed by atoms with van der Waals surface area (Å²) in [5.74, 6) is 0.887. The molecule has 1 aromatic rings. The number of aromatic nitrogens is 2. The minimum Gasteiger partial charge on any atom is -0.329 e. The number of rotatable bonds is 6. The van der Waals surface area contributed by atoms with Gasteiger partial charge in [-0.05, 0) is 39.5 Å². The molecule has 1 aliphatic rings. The van der Waals surface area contributed by atoms with Crippen LogP contribution >= 0.6 is 0 Å². The number of nitrogens with two attached hydrogens (primary N) is 1. The Hall–Kier alpha value is -0.870. The van der Waals surface area contributed by atoms with Crippen molar-refractivity contribution in [3.8, 4) is 0 Å². The predicted molar refractivity (Wildman–Crippen MR) is 74.3 cm³/mol. The van der Waals surface area contributed by atoms with Crippen molar-refractivity contribution >= 4 is 0 Å². The summed E-state index contributed by atoms with van der Waals surface area (Å²) in [4.78, 5) is 2.54. The van der Waals surface area contributed by atoms with Gasteiger partial charge in [-0.2, -0.15) is 5.10 Å². The molecule has 0 saturated heterocycles. The van der Waals surface area contributed by atoms with E-state index in [2.05, 4.69) is 30.8 Å². The molecule has 1 aromatic heterocycles. The van der Waals surface area contributed by atoms with Gasteiger partial charge in [-0.25, -0.2) is 0 Å². The molecule has 1 atom stereocenters. The summed E-state index contributed by atoms with van der Waals surface area (Å²) in [6.45, 7) is 8.49. The van der Waals surface area contributed by atoms with Gasteiger partial charge in [0.05, 0.1) is 12.2 Å². The Labute approximate surface area is 110 Å². The molecule has 0 aliphatic heterocycles. The molecule has 1 aliphatic carbocycles. The van der Waals surface area contributed by atoms with Gasteiger partial charge < -0.3 is 5.73 Å². The molecule has 0 amide bonds. The molecule has 0 spiro atoms. The highest BCUT2D eigenvalue weighted by molar-refractivity contribution is 5.21. The average Bonchev–Trinajstić information content (AvgIpc) is 3.09. The number of aryl methyl sites for hydroxylation is 1. The van der Waals surface area contributed by atoms with E-state index in [9.17, 15) is 0 Å². The Bertz CT molecular complexity index is 392. The van der Waals surface area contributed by atoms with Crippen LogP contribution in [0.15, 0.2) is 6.20 Å². The third kappa shape index (κ3) is 2.75. The van der Waals surface area contributed by atoms with Crippen LogP contribution in [0.1, 0.15) is 44.0 Å². The third-order valence-corrected chi connectivity index (χ3v) is 4.09. The van der Waals surface area contributed by atoms with Crippen LogP contribution < -0.4 is 5.73 Å². The van der Waals surface area contributed by atoms with Crippen molar-refractivity contribution in [2.75, 3.05) is 13.1 Å². The van der Waals surface area contributed by atoms with Crippen molar-refractivity contribution in [1.29, 1.82) is 0 Å². The summed E-state index contributed by atoms with van der Waals surface area (Å²) >= 11 is 0. The minimum atomic E-state index is 0.305. The normalized spacial score (nSPS) is 17.7. The molecule has 102 valence electrons. The maximum Gasteiger partial charge on any atom is 0.0540 e. The lowest BCUT2D eigenvalue weighted by Gasteiger charge is -2.34. The van der Waals surface area contributed by atoms with E-state index in [0.717, 1.165) is 5.92 Å². The second-order valence-corrected chi connectivity index (χ2v) is 5.79. The predicted octanol–water partition coefficient (Wildman–Crippen LogP) is 1.85. The Morgan fingerprint density at radius 1 is 1.50 bits per heavy atom. The fourth-order valence-corrected chi connectivity index (χ4v) is 2.58. The Morgan fingerprint density at radius 3 is 2.56 bits per heavy atom. The van der Waals surface area contributed by atoms with Crippen LogP contribution in [0, 0.1) is 12.8 Å². The minimum absolute atomic E-state index is 0.305. The van der Waals surface area contributed by atoms with E-state index < -0.39 is 0 Å². The van der Waals surface area contributed by atoms with E-state index in [1.165, 1.54) is 30.6 Å². The Balaban J connectivity index is 2.20. The van der Waals surface area contributed by atoms with Gasteiger partial charge in [-0.15, -0.1) is 0 Å².